The van der Waals surface area contributed by atoms with Crippen molar-refractivity contribution in [3.63, 3.8) is 0 Å². The third kappa shape index (κ3) is 1.69. The van der Waals surface area contributed by atoms with E-state index in [1.54, 1.807) is 18.6 Å². The van der Waals surface area contributed by atoms with Gasteiger partial charge in [-0.15, -0.1) is 0 Å². The lowest BCUT2D eigenvalue weighted by atomic mass is 10.2. The van der Waals surface area contributed by atoms with Gasteiger partial charge >= 0.3 is 0 Å². The second-order valence-corrected chi connectivity index (χ2v) is 2.75. The lowest BCUT2D eigenvalue weighted by molar-refractivity contribution is 1.16. The summed E-state index contributed by atoms with van der Waals surface area (Å²) in [7, 11) is 1.83. The Morgan fingerprint density at radius 3 is 2.57 bits per heavy atom. The Balaban J connectivity index is 2.42. The van der Waals surface area contributed by atoms with Crippen LogP contribution >= 0.6 is 0 Å². The topological polar surface area (TPSA) is 50.7 Å². The van der Waals surface area contributed by atoms with E-state index in [1.807, 2.05) is 25.2 Å². The molecule has 0 amide bonds. The Bertz CT molecular complexity index is 413. The van der Waals surface area contributed by atoms with Gasteiger partial charge in [0.15, 0.2) is 5.82 Å². The minimum Gasteiger partial charge on any atom is -0.373 e. The molecular formula is C10H10N4. The molecule has 0 radical (unpaired) electrons. The van der Waals surface area contributed by atoms with E-state index in [-0.39, 0.29) is 0 Å². The molecule has 0 aliphatic rings. The molecule has 14 heavy (non-hydrogen) atoms. The molecule has 0 atom stereocenters. The third-order valence-corrected chi connectivity index (χ3v) is 1.85. The summed E-state index contributed by atoms with van der Waals surface area (Å²) in [5, 5.41) is 2.97. The SMILES string of the molecule is CNc1ccnc(-c2ccncc2)n1. The van der Waals surface area contributed by atoms with Crippen LogP contribution in [0.5, 0.6) is 0 Å². The number of anilines is 1. The van der Waals surface area contributed by atoms with Gasteiger partial charge in [0, 0.05) is 31.2 Å². The monoisotopic (exact) mass is 186 g/mol. The van der Waals surface area contributed by atoms with Crippen LogP contribution in [0.4, 0.5) is 5.82 Å². The second-order valence-electron chi connectivity index (χ2n) is 2.75. The molecule has 0 aliphatic carbocycles. The number of aromatic nitrogens is 3. The molecule has 4 nitrogen and oxygen atoms in total. The molecule has 2 heterocycles. The Hall–Kier alpha value is -1.97. The average molecular weight is 186 g/mol. The van der Waals surface area contributed by atoms with Crippen molar-refractivity contribution in [2.45, 2.75) is 0 Å². The maximum Gasteiger partial charge on any atom is 0.161 e. The fourth-order valence-electron chi connectivity index (χ4n) is 1.14. The quantitative estimate of drug-likeness (QED) is 0.773. The predicted octanol–water partition coefficient (Wildman–Crippen LogP) is 1.58. The molecule has 1 N–H and O–H groups in total. The zero-order valence-corrected chi connectivity index (χ0v) is 7.81. The summed E-state index contributed by atoms with van der Waals surface area (Å²) in [6.07, 6.45) is 5.18. The van der Waals surface area contributed by atoms with Crippen molar-refractivity contribution in [2.75, 3.05) is 12.4 Å². The molecule has 0 spiro atoms. The van der Waals surface area contributed by atoms with Crippen molar-refractivity contribution in [1.29, 1.82) is 0 Å². The lowest BCUT2D eigenvalue weighted by Gasteiger charge is -2.01. The van der Waals surface area contributed by atoms with E-state index in [4.69, 9.17) is 0 Å². The minimum atomic E-state index is 0.708. The number of pyridine rings is 1. The molecule has 0 aromatic carbocycles. The van der Waals surface area contributed by atoms with Crippen LogP contribution in [-0.4, -0.2) is 22.0 Å². The number of hydrogen-bond acceptors (Lipinski definition) is 4. The van der Waals surface area contributed by atoms with Gasteiger partial charge in [-0.2, -0.15) is 0 Å². The van der Waals surface area contributed by atoms with Gasteiger partial charge in [-0.05, 0) is 18.2 Å². The Kier molecular flexibility index (Phi) is 2.36. The normalized spacial score (nSPS) is 9.79. The van der Waals surface area contributed by atoms with Gasteiger partial charge < -0.3 is 5.32 Å². The van der Waals surface area contributed by atoms with Crippen LogP contribution in [0.1, 0.15) is 0 Å². The highest BCUT2D eigenvalue weighted by molar-refractivity contribution is 5.55. The van der Waals surface area contributed by atoms with E-state index in [1.165, 1.54) is 0 Å². The predicted molar refractivity (Wildman–Crippen MR) is 54.8 cm³/mol. The molecule has 0 saturated heterocycles. The highest BCUT2D eigenvalue weighted by Crippen LogP contribution is 2.13. The Morgan fingerprint density at radius 1 is 1.07 bits per heavy atom. The highest BCUT2D eigenvalue weighted by atomic mass is 15.0. The fourth-order valence-corrected chi connectivity index (χ4v) is 1.14. The van der Waals surface area contributed by atoms with Crippen LogP contribution in [0.15, 0.2) is 36.8 Å². The zero-order chi connectivity index (χ0) is 9.80. The summed E-state index contributed by atoms with van der Waals surface area (Å²) in [5.41, 5.74) is 0.970. The summed E-state index contributed by atoms with van der Waals surface area (Å²) in [4.78, 5) is 12.4. The lowest BCUT2D eigenvalue weighted by Crippen LogP contribution is -1.95. The van der Waals surface area contributed by atoms with E-state index in [9.17, 15) is 0 Å². The van der Waals surface area contributed by atoms with Crippen molar-refractivity contribution < 1.29 is 0 Å². The van der Waals surface area contributed by atoms with Crippen LogP contribution in [0.2, 0.25) is 0 Å². The van der Waals surface area contributed by atoms with Gasteiger partial charge in [-0.1, -0.05) is 0 Å². The first-order valence-electron chi connectivity index (χ1n) is 4.31. The van der Waals surface area contributed by atoms with Crippen LogP contribution < -0.4 is 5.32 Å². The van der Waals surface area contributed by atoms with Gasteiger partial charge in [0.05, 0.1) is 0 Å². The smallest absolute Gasteiger partial charge is 0.161 e. The maximum atomic E-state index is 4.31. The van der Waals surface area contributed by atoms with Crippen LogP contribution in [-0.2, 0) is 0 Å². The first kappa shape index (κ1) is 8.62. The van der Waals surface area contributed by atoms with Gasteiger partial charge in [0.2, 0.25) is 0 Å². The third-order valence-electron chi connectivity index (χ3n) is 1.85. The van der Waals surface area contributed by atoms with Gasteiger partial charge in [0.1, 0.15) is 5.82 Å². The number of rotatable bonds is 2. The van der Waals surface area contributed by atoms with Crippen LogP contribution in [0, 0.1) is 0 Å². The minimum absolute atomic E-state index is 0.708. The average Bonchev–Trinajstić information content (AvgIpc) is 2.30. The molecule has 0 saturated carbocycles. The van der Waals surface area contributed by atoms with Crippen LogP contribution in [0.3, 0.4) is 0 Å². The summed E-state index contributed by atoms with van der Waals surface area (Å²) >= 11 is 0. The summed E-state index contributed by atoms with van der Waals surface area (Å²) < 4.78 is 0. The summed E-state index contributed by atoms with van der Waals surface area (Å²) in [6, 6.07) is 5.59. The van der Waals surface area contributed by atoms with E-state index < -0.39 is 0 Å². The molecule has 0 aliphatic heterocycles. The van der Waals surface area contributed by atoms with Crippen LogP contribution in [0.25, 0.3) is 11.4 Å². The van der Waals surface area contributed by atoms with Gasteiger partial charge in [-0.25, -0.2) is 9.97 Å². The number of hydrogen-bond donors (Lipinski definition) is 1. The molecule has 4 heteroatoms. The molecule has 2 aromatic rings. The highest BCUT2D eigenvalue weighted by Gasteiger charge is 2.00. The van der Waals surface area contributed by atoms with Gasteiger partial charge in [0.25, 0.3) is 0 Å². The Labute approximate surface area is 82.1 Å². The molecule has 0 fully saturated rings. The molecule has 0 unspecified atom stereocenters. The number of nitrogens with one attached hydrogen (secondary N) is 1. The Morgan fingerprint density at radius 2 is 1.86 bits per heavy atom. The first-order valence-corrected chi connectivity index (χ1v) is 4.31. The van der Waals surface area contributed by atoms with Crippen molar-refractivity contribution in [2.24, 2.45) is 0 Å². The molecule has 0 bridgehead atoms. The number of nitrogens with zero attached hydrogens (tertiary/aromatic N) is 3. The van der Waals surface area contributed by atoms with Crippen molar-refractivity contribution in [3.05, 3.63) is 36.8 Å². The van der Waals surface area contributed by atoms with Crippen molar-refractivity contribution in [1.82, 2.24) is 15.0 Å². The van der Waals surface area contributed by atoms with Crippen molar-refractivity contribution >= 4 is 5.82 Å². The first-order chi connectivity index (χ1) is 6.90. The van der Waals surface area contributed by atoms with Gasteiger partial charge in [-0.3, -0.25) is 4.98 Å². The summed E-state index contributed by atoms with van der Waals surface area (Å²) in [5.74, 6) is 1.52. The van der Waals surface area contributed by atoms with E-state index >= 15 is 0 Å². The standard InChI is InChI=1S/C10H10N4/c1-11-9-4-7-13-10(14-9)8-2-5-12-6-3-8/h2-7H,1H3,(H,11,13,14). The molecule has 2 aromatic heterocycles. The van der Waals surface area contributed by atoms with Crippen molar-refractivity contribution in [3.8, 4) is 11.4 Å². The zero-order valence-electron chi connectivity index (χ0n) is 7.81. The van der Waals surface area contributed by atoms with E-state index in [0.717, 1.165) is 11.4 Å². The molecule has 2 rings (SSSR count). The molecule has 70 valence electrons. The molecular weight excluding hydrogens is 176 g/mol. The fraction of sp³-hybridized carbons (Fsp3) is 0.100. The van der Waals surface area contributed by atoms with E-state index in [0.29, 0.717) is 5.82 Å². The second kappa shape index (κ2) is 3.83. The maximum absolute atomic E-state index is 4.31. The largest absolute Gasteiger partial charge is 0.373 e. The summed E-state index contributed by atoms with van der Waals surface area (Å²) in [6.45, 7) is 0. The van der Waals surface area contributed by atoms with E-state index in [2.05, 4.69) is 20.3 Å².